The van der Waals surface area contributed by atoms with Crippen molar-refractivity contribution in [3.63, 3.8) is 0 Å². The first-order chi connectivity index (χ1) is 11.7. The lowest BCUT2D eigenvalue weighted by atomic mass is 10.1. The van der Waals surface area contributed by atoms with Crippen molar-refractivity contribution in [2.75, 3.05) is 26.3 Å². The summed E-state index contributed by atoms with van der Waals surface area (Å²) >= 11 is 0. The Balaban J connectivity index is 1.80. The molecule has 1 atom stereocenters. The van der Waals surface area contributed by atoms with Crippen molar-refractivity contribution < 1.29 is 9.53 Å². The van der Waals surface area contributed by atoms with E-state index in [1.807, 2.05) is 37.3 Å². The molecule has 1 amide bonds. The molecular formula is C19H22N2O3. The molecular weight excluding hydrogens is 304 g/mol. The highest BCUT2D eigenvalue weighted by atomic mass is 16.5. The maximum Gasteiger partial charge on any atom is 0.261 e. The van der Waals surface area contributed by atoms with Gasteiger partial charge in [0.1, 0.15) is 5.56 Å². The van der Waals surface area contributed by atoms with Crippen molar-refractivity contribution >= 4 is 5.91 Å². The van der Waals surface area contributed by atoms with Crippen LogP contribution >= 0.6 is 0 Å². The molecule has 2 heterocycles. The van der Waals surface area contributed by atoms with Crippen LogP contribution in [0.25, 0.3) is 11.3 Å². The molecule has 0 aliphatic carbocycles. The predicted molar refractivity (Wildman–Crippen MR) is 93.0 cm³/mol. The number of nitrogens with one attached hydrogen (secondary N) is 1. The molecule has 1 aromatic heterocycles. The van der Waals surface area contributed by atoms with Crippen molar-refractivity contribution in [1.82, 2.24) is 9.88 Å². The van der Waals surface area contributed by atoms with Crippen molar-refractivity contribution in [3.8, 4) is 11.3 Å². The standard InChI is InChI=1S/C19H22N2O3/c1-2-21(12-14-10-11-24-13-14)19(23)16-8-9-17(20-18(16)22)15-6-4-3-5-7-15/h3-9,14H,2,10-13H2,1H3,(H,20,22). The number of hydrogen-bond donors (Lipinski definition) is 1. The first-order valence-electron chi connectivity index (χ1n) is 8.34. The molecule has 1 aliphatic rings. The lowest BCUT2D eigenvalue weighted by molar-refractivity contribution is 0.0729. The number of aromatic amines is 1. The molecule has 0 bridgehead atoms. The van der Waals surface area contributed by atoms with Crippen LogP contribution in [-0.2, 0) is 4.74 Å². The van der Waals surface area contributed by atoms with Crippen molar-refractivity contribution in [3.05, 3.63) is 58.4 Å². The second kappa shape index (κ2) is 7.45. The number of carbonyl (C=O) groups excluding carboxylic acids is 1. The molecule has 1 aromatic carbocycles. The number of H-pyrrole nitrogens is 1. The van der Waals surface area contributed by atoms with E-state index in [4.69, 9.17) is 4.74 Å². The summed E-state index contributed by atoms with van der Waals surface area (Å²) in [6.07, 6.45) is 0.965. The smallest absolute Gasteiger partial charge is 0.261 e. The van der Waals surface area contributed by atoms with Gasteiger partial charge in [-0.15, -0.1) is 0 Å². The third kappa shape index (κ3) is 3.57. The molecule has 1 N–H and O–H groups in total. The molecule has 1 unspecified atom stereocenters. The van der Waals surface area contributed by atoms with Gasteiger partial charge >= 0.3 is 0 Å². The molecule has 1 aliphatic heterocycles. The topological polar surface area (TPSA) is 62.4 Å². The van der Waals surface area contributed by atoms with Gasteiger partial charge in [0, 0.05) is 31.3 Å². The number of ether oxygens (including phenoxy) is 1. The van der Waals surface area contributed by atoms with Gasteiger partial charge in [-0.2, -0.15) is 0 Å². The molecule has 0 radical (unpaired) electrons. The zero-order valence-electron chi connectivity index (χ0n) is 13.8. The van der Waals surface area contributed by atoms with Crippen molar-refractivity contribution in [2.24, 2.45) is 5.92 Å². The van der Waals surface area contributed by atoms with Gasteiger partial charge in [-0.25, -0.2) is 0 Å². The van der Waals surface area contributed by atoms with Crippen LogP contribution in [0.4, 0.5) is 0 Å². The number of hydrogen-bond acceptors (Lipinski definition) is 3. The minimum atomic E-state index is -0.345. The first kappa shape index (κ1) is 16.5. The summed E-state index contributed by atoms with van der Waals surface area (Å²) in [6.45, 7) is 4.58. The summed E-state index contributed by atoms with van der Waals surface area (Å²) < 4.78 is 5.37. The number of pyridine rings is 1. The average molecular weight is 326 g/mol. The highest BCUT2D eigenvalue weighted by Crippen LogP contribution is 2.17. The van der Waals surface area contributed by atoms with E-state index in [1.54, 1.807) is 17.0 Å². The van der Waals surface area contributed by atoms with Crippen LogP contribution in [0.1, 0.15) is 23.7 Å². The van der Waals surface area contributed by atoms with E-state index in [9.17, 15) is 9.59 Å². The van der Waals surface area contributed by atoms with Gasteiger partial charge in [0.2, 0.25) is 0 Å². The van der Waals surface area contributed by atoms with Crippen LogP contribution < -0.4 is 5.56 Å². The fourth-order valence-electron chi connectivity index (χ4n) is 2.99. The zero-order valence-corrected chi connectivity index (χ0v) is 13.8. The summed E-state index contributed by atoms with van der Waals surface area (Å²) in [7, 11) is 0. The van der Waals surface area contributed by atoms with Crippen molar-refractivity contribution in [1.29, 1.82) is 0 Å². The van der Waals surface area contributed by atoms with Gasteiger partial charge < -0.3 is 14.6 Å². The van der Waals surface area contributed by atoms with Crippen LogP contribution in [0, 0.1) is 5.92 Å². The average Bonchev–Trinajstić information content (AvgIpc) is 3.13. The van der Waals surface area contributed by atoms with Gasteiger partial charge in [0.25, 0.3) is 11.5 Å². The number of benzene rings is 1. The molecule has 5 nitrogen and oxygen atoms in total. The maximum absolute atomic E-state index is 12.7. The van der Waals surface area contributed by atoms with Crippen LogP contribution in [0.5, 0.6) is 0 Å². The third-order valence-electron chi connectivity index (χ3n) is 4.40. The Hall–Kier alpha value is -2.40. The molecule has 24 heavy (non-hydrogen) atoms. The lowest BCUT2D eigenvalue weighted by Crippen LogP contribution is -2.38. The number of aromatic nitrogens is 1. The number of rotatable bonds is 5. The Morgan fingerprint density at radius 1 is 1.25 bits per heavy atom. The molecule has 1 saturated heterocycles. The van der Waals surface area contributed by atoms with Gasteiger partial charge in [-0.1, -0.05) is 30.3 Å². The predicted octanol–water partition coefficient (Wildman–Crippen LogP) is 2.54. The van der Waals surface area contributed by atoms with Crippen molar-refractivity contribution in [2.45, 2.75) is 13.3 Å². The van der Waals surface area contributed by atoms with Gasteiger partial charge in [0.15, 0.2) is 0 Å². The molecule has 0 spiro atoms. The molecule has 3 rings (SSSR count). The minimum absolute atomic E-state index is 0.190. The highest BCUT2D eigenvalue weighted by molar-refractivity contribution is 5.94. The Bertz CT molecular complexity index is 749. The summed E-state index contributed by atoms with van der Waals surface area (Å²) in [5, 5.41) is 0. The Morgan fingerprint density at radius 2 is 2.04 bits per heavy atom. The minimum Gasteiger partial charge on any atom is -0.381 e. The van der Waals surface area contributed by atoms with E-state index in [-0.39, 0.29) is 17.0 Å². The number of amides is 1. The molecule has 5 heteroatoms. The maximum atomic E-state index is 12.7. The van der Waals surface area contributed by atoms with Crippen LogP contribution in [0.3, 0.4) is 0 Å². The quantitative estimate of drug-likeness (QED) is 0.918. The monoisotopic (exact) mass is 326 g/mol. The van der Waals surface area contributed by atoms with Crippen LogP contribution in [-0.4, -0.2) is 42.1 Å². The van der Waals surface area contributed by atoms with Gasteiger partial charge in [0.05, 0.1) is 6.61 Å². The molecule has 126 valence electrons. The SMILES string of the molecule is CCN(CC1CCOC1)C(=O)c1ccc(-c2ccccc2)[nH]c1=O. The van der Waals surface area contributed by atoms with E-state index in [1.165, 1.54) is 0 Å². The summed E-state index contributed by atoms with van der Waals surface area (Å²) in [5.74, 6) is 0.141. The normalized spacial score (nSPS) is 17.0. The molecule has 2 aromatic rings. The Kier molecular flexibility index (Phi) is 5.11. The van der Waals surface area contributed by atoms with E-state index in [2.05, 4.69) is 4.98 Å². The fraction of sp³-hybridized carbons (Fsp3) is 0.368. The van der Waals surface area contributed by atoms with Crippen LogP contribution in [0.2, 0.25) is 0 Å². The number of carbonyl (C=O) groups is 1. The third-order valence-corrected chi connectivity index (χ3v) is 4.40. The molecule has 1 fully saturated rings. The Labute approximate surface area is 141 Å². The largest absolute Gasteiger partial charge is 0.381 e. The molecule has 0 saturated carbocycles. The van der Waals surface area contributed by atoms with E-state index < -0.39 is 0 Å². The van der Waals surface area contributed by atoms with Gasteiger partial charge in [-0.05, 0) is 31.0 Å². The fourth-order valence-corrected chi connectivity index (χ4v) is 2.99. The lowest BCUT2D eigenvalue weighted by Gasteiger charge is -2.23. The second-order valence-corrected chi connectivity index (χ2v) is 6.05. The Morgan fingerprint density at radius 3 is 2.67 bits per heavy atom. The summed E-state index contributed by atoms with van der Waals surface area (Å²) in [6, 6.07) is 13.0. The van der Waals surface area contributed by atoms with Crippen LogP contribution in [0.15, 0.2) is 47.3 Å². The summed E-state index contributed by atoms with van der Waals surface area (Å²) in [4.78, 5) is 29.6. The van der Waals surface area contributed by atoms with E-state index >= 15 is 0 Å². The highest BCUT2D eigenvalue weighted by Gasteiger charge is 2.23. The van der Waals surface area contributed by atoms with E-state index in [0.29, 0.717) is 31.3 Å². The number of nitrogens with zero attached hydrogens (tertiary/aromatic N) is 1. The second-order valence-electron chi connectivity index (χ2n) is 6.05. The van der Waals surface area contributed by atoms with E-state index in [0.717, 1.165) is 18.6 Å². The van der Waals surface area contributed by atoms with Gasteiger partial charge in [-0.3, -0.25) is 9.59 Å². The zero-order chi connectivity index (χ0) is 16.9. The summed E-state index contributed by atoms with van der Waals surface area (Å²) in [5.41, 5.74) is 1.48. The first-order valence-corrected chi connectivity index (χ1v) is 8.34.